The van der Waals surface area contributed by atoms with Gasteiger partial charge in [0, 0.05) is 48.8 Å². The largest absolute Gasteiger partial charge is 0.326 e. The van der Waals surface area contributed by atoms with Gasteiger partial charge in [0.2, 0.25) is 15.9 Å². The molecule has 6 nitrogen and oxygen atoms in total. The van der Waals surface area contributed by atoms with Crippen LogP contribution in [0.25, 0.3) is 0 Å². The molecule has 1 aliphatic heterocycles. The Balaban J connectivity index is 1.29. The number of sulfonamides is 1. The van der Waals surface area contributed by atoms with Gasteiger partial charge in [-0.05, 0) is 85.8 Å². The van der Waals surface area contributed by atoms with Gasteiger partial charge in [0.15, 0.2) is 0 Å². The zero-order valence-corrected chi connectivity index (χ0v) is 25.7. The average Bonchev–Trinajstić information content (AvgIpc) is 3.02. The zero-order valence-electron chi connectivity index (χ0n) is 24.9. The molecule has 0 aliphatic carbocycles. The van der Waals surface area contributed by atoms with Crippen molar-refractivity contribution in [3.8, 4) is 0 Å². The normalized spacial score (nSPS) is 17.4. The van der Waals surface area contributed by atoms with E-state index >= 15 is 4.39 Å². The Hall–Kier alpha value is -3.99. The maximum Gasteiger partial charge on any atom is 0.243 e. The topological polar surface area (TPSA) is 78.5 Å². The second-order valence-electron chi connectivity index (χ2n) is 11.4. The Labute approximate surface area is 262 Å². The average molecular weight is 636 g/mol. The summed E-state index contributed by atoms with van der Waals surface area (Å²) in [5.41, 5.74) is 2.03. The van der Waals surface area contributed by atoms with Gasteiger partial charge in [0.1, 0.15) is 17.5 Å². The molecule has 1 saturated heterocycles. The monoisotopic (exact) mass is 635 g/mol. The van der Waals surface area contributed by atoms with Crippen molar-refractivity contribution in [1.29, 1.82) is 0 Å². The molecule has 5 rings (SSSR count). The highest BCUT2D eigenvalue weighted by molar-refractivity contribution is 7.89. The number of hydrogen-bond acceptors (Lipinski definition) is 4. The molecule has 0 spiro atoms. The molecular formula is C35H36F3N3O3S. The molecule has 1 heterocycles. The van der Waals surface area contributed by atoms with Crippen LogP contribution >= 0.6 is 0 Å². The van der Waals surface area contributed by atoms with Crippen molar-refractivity contribution < 1.29 is 26.4 Å². The maximum absolute atomic E-state index is 15.1. The molecule has 0 aromatic heterocycles. The van der Waals surface area contributed by atoms with Gasteiger partial charge in [-0.25, -0.2) is 21.6 Å². The Bertz CT molecular complexity index is 1660. The smallest absolute Gasteiger partial charge is 0.243 e. The SMILES string of the molecule is C[C@H]1CNC[C@H](CCCc2c(F)cccc2NC(=O)CC(c2ccc(F)cc2)c2ccc(F)cc2)N1S(=O)(=O)c1ccccc1. The van der Waals surface area contributed by atoms with Crippen LogP contribution in [-0.2, 0) is 21.2 Å². The lowest BCUT2D eigenvalue weighted by atomic mass is 9.88. The third kappa shape index (κ3) is 7.81. The number of halogens is 3. The van der Waals surface area contributed by atoms with Crippen LogP contribution < -0.4 is 10.6 Å². The number of carbonyl (C=O) groups is 1. The first-order valence-electron chi connectivity index (χ1n) is 15.0. The maximum atomic E-state index is 15.1. The van der Waals surface area contributed by atoms with Crippen molar-refractivity contribution >= 4 is 21.6 Å². The molecule has 236 valence electrons. The van der Waals surface area contributed by atoms with Crippen LogP contribution in [0.1, 0.15) is 48.8 Å². The van der Waals surface area contributed by atoms with Crippen molar-refractivity contribution in [1.82, 2.24) is 9.62 Å². The molecule has 10 heteroatoms. The van der Waals surface area contributed by atoms with Gasteiger partial charge in [-0.2, -0.15) is 4.31 Å². The summed E-state index contributed by atoms with van der Waals surface area (Å²) in [6.45, 7) is 2.88. The summed E-state index contributed by atoms with van der Waals surface area (Å²) in [4.78, 5) is 13.6. The van der Waals surface area contributed by atoms with Crippen molar-refractivity contribution in [3.05, 3.63) is 131 Å². The lowest BCUT2D eigenvalue weighted by molar-refractivity contribution is -0.116. The van der Waals surface area contributed by atoms with Crippen LogP contribution in [0.4, 0.5) is 18.9 Å². The molecule has 4 aromatic carbocycles. The summed E-state index contributed by atoms with van der Waals surface area (Å²) in [5, 5.41) is 6.16. The van der Waals surface area contributed by atoms with Crippen molar-refractivity contribution in [2.24, 2.45) is 0 Å². The lowest BCUT2D eigenvalue weighted by Crippen LogP contribution is -2.58. The third-order valence-corrected chi connectivity index (χ3v) is 10.3. The molecule has 1 aliphatic rings. The van der Waals surface area contributed by atoms with E-state index in [1.54, 1.807) is 65.0 Å². The summed E-state index contributed by atoms with van der Waals surface area (Å²) in [6.07, 6.45) is 1.22. The van der Waals surface area contributed by atoms with E-state index in [2.05, 4.69) is 10.6 Å². The van der Waals surface area contributed by atoms with Crippen LogP contribution in [-0.4, -0.2) is 43.8 Å². The van der Waals surface area contributed by atoms with Gasteiger partial charge < -0.3 is 10.6 Å². The molecule has 0 saturated carbocycles. The van der Waals surface area contributed by atoms with Crippen LogP contribution in [0.15, 0.2) is 102 Å². The number of benzene rings is 4. The predicted molar refractivity (Wildman–Crippen MR) is 169 cm³/mol. The van der Waals surface area contributed by atoms with E-state index in [9.17, 15) is 22.0 Å². The highest BCUT2D eigenvalue weighted by Gasteiger charge is 2.37. The summed E-state index contributed by atoms with van der Waals surface area (Å²) < 4.78 is 71.1. The fraction of sp³-hybridized carbons (Fsp3) is 0.286. The van der Waals surface area contributed by atoms with Gasteiger partial charge >= 0.3 is 0 Å². The van der Waals surface area contributed by atoms with E-state index in [0.29, 0.717) is 48.3 Å². The number of piperazine rings is 1. The van der Waals surface area contributed by atoms with E-state index in [1.807, 2.05) is 6.92 Å². The Morgan fingerprint density at radius 1 is 0.867 bits per heavy atom. The van der Waals surface area contributed by atoms with Crippen LogP contribution in [0.3, 0.4) is 0 Å². The van der Waals surface area contributed by atoms with E-state index in [4.69, 9.17) is 0 Å². The molecule has 4 aromatic rings. The third-order valence-electron chi connectivity index (χ3n) is 8.22. The molecule has 1 amide bonds. The molecule has 45 heavy (non-hydrogen) atoms. The Morgan fingerprint density at radius 2 is 1.49 bits per heavy atom. The number of nitrogens with zero attached hydrogens (tertiary/aromatic N) is 1. The first-order chi connectivity index (χ1) is 21.6. The van der Waals surface area contributed by atoms with Gasteiger partial charge in [0.05, 0.1) is 4.90 Å². The molecule has 0 bridgehead atoms. The highest BCUT2D eigenvalue weighted by Crippen LogP contribution is 2.31. The number of anilines is 1. The standard InChI is InChI=1S/C35H36F3N3O3S/c1-24-22-39-23-29(41(24)45(43,44)30-8-3-2-4-9-30)7-5-10-31-33(38)11-6-12-34(31)40-35(42)21-32(25-13-17-27(36)18-14-25)26-15-19-28(37)20-16-26/h2-4,6,8-9,11-20,24,29,32,39H,5,7,10,21-23H2,1H3,(H,40,42)/t24-,29-/m0/s1. The second-order valence-corrected chi connectivity index (χ2v) is 13.2. The fourth-order valence-corrected chi connectivity index (χ4v) is 7.89. The van der Waals surface area contributed by atoms with Crippen molar-refractivity contribution in [3.63, 3.8) is 0 Å². The zero-order chi connectivity index (χ0) is 32.0. The van der Waals surface area contributed by atoms with E-state index in [-0.39, 0.29) is 35.7 Å². The molecule has 0 radical (unpaired) electrons. The van der Waals surface area contributed by atoms with E-state index in [1.165, 1.54) is 36.4 Å². The Morgan fingerprint density at radius 3 is 2.11 bits per heavy atom. The molecular weight excluding hydrogens is 599 g/mol. The molecule has 2 atom stereocenters. The number of nitrogens with one attached hydrogen (secondary N) is 2. The molecule has 2 N–H and O–H groups in total. The molecule has 0 unspecified atom stereocenters. The lowest BCUT2D eigenvalue weighted by Gasteiger charge is -2.40. The minimum Gasteiger partial charge on any atom is -0.326 e. The molecule has 1 fully saturated rings. The first-order valence-corrected chi connectivity index (χ1v) is 16.4. The first kappa shape index (κ1) is 32.4. The van der Waals surface area contributed by atoms with Gasteiger partial charge in [-0.3, -0.25) is 4.79 Å². The Kier molecular flexibility index (Phi) is 10.4. The number of hydrogen-bond donors (Lipinski definition) is 2. The number of amides is 1. The second kappa shape index (κ2) is 14.4. The minimum atomic E-state index is -3.73. The van der Waals surface area contributed by atoms with Crippen molar-refractivity contribution in [2.75, 3.05) is 18.4 Å². The van der Waals surface area contributed by atoms with Gasteiger partial charge in [0.25, 0.3) is 0 Å². The van der Waals surface area contributed by atoms with Gasteiger partial charge in [-0.1, -0.05) is 48.5 Å². The highest BCUT2D eigenvalue weighted by atomic mass is 32.2. The quantitative estimate of drug-likeness (QED) is 0.194. The summed E-state index contributed by atoms with van der Waals surface area (Å²) in [6, 6.07) is 23.9. The van der Waals surface area contributed by atoms with Gasteiger partial charge in [-0.15, -0.1) is 0 Å². The minimum absolute atomic E-state index is 0.0366. The summed E-state index contributed by atoms with van der Waals surface area (Å²) in [7, 11) is -3.73. The fourth-order valence-electron chi connectivity index (χ4n) is 6.02. The van der Waals surface area contributed by atoms with Crippen LogP contribution in [0.2, 0.25) is 0 Å². The number of carbonyl (C=O) groups excluding carboxylic acids is 1. The summed E-state index contributed by atoms with van der Waals surface area (Å²) in [5.74, 6) is -2.16. The summed E-state index contributed by atoms with van der Waals surface area (Å²) >= 11 is 0. The number of rotatable bonds is 11. The predicted octanol–water partition coefficient (Wildman–Crippen LogP) is 6.64. The van der Waals surface area contributed by atoms with E-state index in [0.717, 1.165) is 0 Å². The van der Waals surface area contributed by atoms with Crippen molar-refractivity contribution in [2.45, 2.75) is 55.5 Å². The van der Waals surface area contributed by atoms with Crippen LogP contribution in [0, 0.1) is 17.5 Å². The van der Waals surface area contributed by atoms with E-state index < -0.39 is 33.4 Å². The van der Waals surface area contributed by atoms with Crippen LogP contribution in [0.5, 0.6) is 0 Å².